The Balaban J connectivity index is 1.80. The van der Waals surface area contributed by atoms with Gasteiger partial charge in [-0.25, -0.2) is 8.78 Å². The highest BCUT2D eigenvalue weighted by Gasteiger charge is 2.26. The second kappa shape index (κ2) is 7.75. The van der Waals surface area contributed by atoms with Gasteiger partial charge >= 0.3 is 0 Å². The highest BCUT2D eigenvalue weighted by Crippen LogP contribution is 2.40. The van der Waals surface area contributed by atoms with Crippen molar-refractivity contribution in [1.82, 2.24) is 0 Å². The fraction of sp³-hybridized carbons (Fsp3) is 0.400. The Kier molecular flexibility index (Phi) is 5.46. The molecular formula is C20H22F2O2. The van der Waals surface area contributed by atoms with E-state index < -0.39 is 11.6 Å². The van der Waals surface area contributed by atoms with Crippen LogP contribution in [0, 0.1) is 11.6 Å². The molecule has 0 aromatic heterocycles. The highest BCUT2D eigenvalue weighted by molar-refractivity contribution is 5.39. The molecule has 1 aliphatic rings. The predicted molar refractivity (Wildman–Crippen MR) is 89.1 cm³/mol. The van der Waals surface area contributed by atoms with Gasteiger partial charge in [0, 0.05) is 18.7 Å². The maximum atomic E-state index is 14.3. The van der Waals surface area contributed by atoms with Crippen LogP contribution < -0.4 is 4.74 Å². The van der Waals surface area contributed by atoms with Gasteiger partial charge in [-0.05, 0) is 43.2 Å². The van der Waals surface area contributed by atoms with Crippen LogP contribution in [0.15, 0.2) is 42.5 Å². The topological polar surface area (TPSA) is 18.5 Å². The number of benzene rings is 2. The molecule has 0 radical (unpaired) electrons. The fourth-order valence-corrected chi connectivity index (χ4v) is 3.38. The molecule has 3 rings (SSSR count). The largest absolute Gasteiger partial charge is 0.486 e. The zero-order chi connectivity index (χ0) is 16.9. The van der Waals surface area contributed by atoms with Crippen LogP contribution in [0.3, 0.4) is 0 Å². The molecule has 0 heterocycles. The van der Waals surface area contributed by atoms with Crippen LogP contribution in [-0.4, -0.2) is 13.2 Å². The third kappa shape index (κ3) is 3.93. The van der Waals surface area contributed by atoms with Crippen molar-refractivity contribution < 1.29 is 18.3 Å². The van der Waals surface area contributed by atoms with E-state index in [2.05, 4.69) is 0 Å². The maximum Gasteiger partial charge on any atom is 0.168 e. The molecule has 2 aromatic carbocycles. The number of hydrogen-bond donors (Lipinski definition) is 0. The van der Waals surface area contributed by atoms with Crippen molar-refractivity contribution in [1.29, 1.82) is 0 Å². The van der Waals surface area contributed by atoms with Crippen LogP contribution in [0.2, 0.25) is 0 Å². The zero-order valence-corrected chi connectivity index (χ0v) is 13.8. The Labute approximate surface area is 141 Å². The van der Waals surface area contributed by atoms with Crippen molar-refractivity contribution in [3.8, 4) is 5.75 Å². The molecule has 1 fully saturated rings. The quantitative estimate of drug-likeness (QED) is 0.748. The average Bonchev–Trinajstić information content (AvgIpc) is 2.61. The first-order valence-electron chi connectivity index (χ1n) is 8.36. The van der Waals surface area contributed by atoms with Crippen molar-refractivity contribution in [2.45, 2.75) is 44.3 Å². The predicted octanol–water partition coefficient (Wildman–Crippen LogP) is 5.22. The van der Waals surface area contributed by atoms with E-state index in [0.29, 0.717) is 5.56 Å². The summed E-state index contributed by atoms with van der Waals surface area (Å²) in [6, 6.07) is 11.9. The van der Waals surface area contributed by atoms with E-state index in [-0.39, 0.29) is 24.4 Å². The van der Waals surface area contributed by atoms with E-state index in [1.165, 1.54) is 6.07 Å². The smallest absolute Gasteiger partial charge is 0.168 e. The molecule has 0 N–H and O–H groups in total. The molecule has 0 spiro atoms. The van der Waals surface area contributed by atoms with E-state index >= 15 is 0 Å². The molecule has 0 aliphatic heterocycles. The molecule has 0 atom stereocenters. The minimum atomic E-state index is -0.630. The summed E-state index contributed by atoms with van der Waals surface area (Å²) in [4.78, 5) is 0. The molecule has 1 saturated carbocycles. The average molecular weight is 332 g/mol. The van der Waals surface area contributed by atoms with E-state index in [1.807, 2.05) is 30.3 Å². The first-order valence-corrected chi connectivity index (χ1v) is 8.36. The summed E-state index contributed by atoms with van der Waals surface area (Å²) in [5, 5.41) is 0. The summed E-state index contributed by atoms with van der Waals surface area (Å²) in [7, 11) is 1.71. The minimum absolute atomic E-state index is 0.104. The van der Waals surface area contributed by atoms with Gasteiger partial charge in [0.15, 0.2) is 11.6 Å². The van der Waals surface area contributed by atoms with Crippen molar-refractivity contribution in [2.24, 2.45) is 0 Å². The summed E-state index contributed by atoms with van der Waals surface area (Å²) in [5.41, 5.74) is 1.59. The van der Waals surface area contributed by atoms with Gasteiger partial charge in [0.1, 0.15) is 12.4 Å². The second-order valence-corrected chi connectivity index (χ2v) is 6.29. The monoisotopic (exact) mass is 332 g/mol. The van der Waals surface area contributed by atoms with Crippen LogP contribution in [0.4, 0.5) is 8.78 Å². The van der Waals surface area contributed by atoms with Crippen molar-refractivity contribution in [2.75, 3.05) is 7.11 Å². The second-order valence-electron chi connectivity index (χ2n) is 6.29. The summed E-state index contributed by atoms with van der Waals surface area (Å²) >= 11 is 0. The van der Waals surface area contributed by atoms with Gasteiger partial charge in [-0.15, -0.1) is 0 Å². The Morgan fingerprint density at radius 2 is 1.71 bits per heavy atom. The number of methoxy groups -OCH3 is 1. The normalized spacial score (nSPS) is 20.8. The highest BCUT2D eigenvalue weighted by atomic mass is 19.1. The van der Waals surface area contributed by atoms with Crippen LogP contribution in [0.1, 0.15) is 42.7 Å². The van der Waals surface area contributed by atoms with Gasteiger partial charge in [0.05, 0.1) is 6.10 Å². The van der Waals surface area contributed by atoms with E-state index in [9.17, 15) is 8.78 Å². The van der Waals surface area contributed by atoms with Gasteiger partial charge in [0.25, 0.3) is 0 Å². The molecule has 0 saturated heterocycles. The molecule has 2 nitrogen and oxygen atoms in total. The van der Waals surface area contributed by atoms with Crippen molar-refractivity contribution in [3.63, 3.8) is 0 Å². The lowest BCUT2D eigenvalue weighted by Gasteiger charge is -2.29. The fourth-order valence-electron chi connectivity index (χ4n) is 3.38. The number of rotatable bonds is 5. The van der Waals surface area contributed by atoms with Crippen LogP contribution in [0.5, 0.6) is 5.75 Å². The third-order valence-corrected chi connectivity index (χ3v) is 4.71. The molecule has 0 amide bonds. The van der Waals surface area contributed by atoms with E-state index in [4.69, 9.17) is 9.47 Å². The maximum absolute atomic E-state index is 14.3. The molecule has 1 aliphatic carbocycles. The Bertz CT molecular complexity index is 665. The molecule has 128 valence electrons. The van der Waals surface area contributed by atoms with Gasteiger partial charge in [-0.1, -0.05) is 30.3 Å². The third-order valence-electron chi connectivity index (χ3n) is 4.71. The zero-order valence-electron chi connectivity index (χ0n) is 13.8. The van der Waals surface area contributed by atoms with E-state index in [0.717, 1.165) is 37.3 Å². The van der Waals surface area contributed by atoms with Gasteiger partial charge in [-0.3, -0.25) is 0 Å². The number of ether oxygens (including phenoxy) is 2. The van der Waals surface area contributed by atoms with Gasteiger partial charge in [0.2, 0.25) is 0 Å². The van der Waals surface area contributed by atoms with Crippen LogP contribution in [-0.2, 0) is 11.3 Å². The van der Waals surface area contributed by atoms with Crippen molar-refractivity contribution >= 4 is 0 Å². The van der Waals surface area contributed by atoms with Gasteiger partial charge < -0.3 is 9.47 Å². The first-order chi connectivity index (χ1) is 11.7. The molecule has 4 heteroatoms. The lowest BCUT2D eigenvalue weighted by atomic mass is 9.82. The minimum Gasteiger partial charge on any atom is -0.486 e. The number of hydrogen-bond acceptors (Lipinski definition) is 2. The van der Waals surface area contributed by atoms with Crippen LogP contribution >= 0.6 is 0 Å². The molecule has 2 aromatic rings. The summed E-state index contributed by atoms with van der Waals surface area (Å²) in [5.74, 6) is -0.897. The Hall–Kier alpha value is -1.94. The standard InChI is InChI=1S/C20H22F2O2/c1-23-17-9-7-15(8-10-17)18-11-16(21)12-19(22)20(18)24-13-14-5-3-2-4-6-14/h2-6,11-12,15,17H,7-10,13H2,1H3/t15-,17+. The number of halogens is 2. The summed E-state index contributed by atoms with van der Waals surface area (Å²) in [6.45, 7) is 0.268. The van der Waals surface area contributed by atoms with Gasteiger partial charge in [-0.2, -0.15) is 0 Å². The van der Waals surface area contributed by atoms with E-state index in [1.54, 1.807) is 7.11 Å². The molecule has 24 heavy (non-hydrogen) atoms. The van der Waals surface area contributed by atoms with Crippen molar-refractivity contribution in [3.05, 3.63) is 65.2 Å². The molecule has 0 unspecified atom stereocenters. The van der Waals surface area contributed by atoms with Crippen LogP contribution in [0.25, 0.3) is 0 Å². The summed E-state index contributed by atoms with van der Waals surface area (Å²) < 4.78 is 39.2. The lowest BCUT2D eigenvalue weighted by Crippen LogP contribution is -2.20. The SMILES string of the molecule is CO[C@H]1CC[C@@H](c2cc(F)cc(F)c2OCc2ccccc2)CC1. The first kappa shape index (κ1) is 16.9. The summed E-state index contributed by atoms with van der Waals surface area (Å²) in [6.07, 6.45) is 3.74. The molecule has 0 bridgehead atoms. The Morgan fingerprint density at radius 3 is 2.38 bits per heavy atom. The molecular weight excluding hydrogens is 310 g/mol. The lowest BCUT2D eigenvalue weighted by molar-refractivity contribution is 0.0654. The Morgan fingerprint density at radius 1 is 1.00 bits per heavy atom.